The van der Waals surface area contributed by atoms with E-state index in [4.69, 9.17) is 4.98 Å². The Kier molecular flexibility index (Phi) is 4.87. The van der Waals surface area contributed by atoms with Gasteiger partial charge >= 0.3 is 0 Å². The Morgan fingerprint density at radius 3 is 2.45 bits per heavy atom. The molecule has 0 saturated heterocycles. The van der Waals surface area contributed by atoms with Crippen LogP contribution in [0.2, 0.25) is 0 Å². The van der Waals surface area contributed by atoms with Gasteiger partial charge in [0.15, 0.2) is 5.16 Å². The number of rotatable bonds is 6. The molecule has 3 aromatic rings. The number of fused-ring (bicyclic) bond motifs is 1. The Hall–Kier alpha value is -1.85. The van der Waals surface area contributed by atoms with Crippen molar-refractivity contribution in [1.82, 2.24) is 9.55 Å². The summed E-state index contributed by atoms with van der Waals surface area (Å²) in [6, 6.07) is 10.2. The van der Waals surface area contributed by atoms with E-state index in [1.807, 2.05) is 40.6 Å². The first-order valence-electron chi connectivity index (χ1n) is 11.5. The molecule has 4 bridgehead atoms. The molecule has 1 aromatic carbocycles. The molecular weight excluding hydrogens is 420 g/mol. The maximum absolute atomic E-state index is 13.6. The summed E-state index contributed by atoms with van der Waals surface area (Å²) in [5.41, 5.74) is 2.61. The van der Waals surface area contributed by atoms with E-state index in [0.717, 1.165) is 50.0 Å². The summed E-state index contributed by atoms with van der Waals surface area (Å²) in [5.74, 6) is 3.94. The summed E-state index contributed by atoms with van der Waals surface area (Å²) in [4.78, 5) is 19.5. The SMILES string of the molecule is C=CCn1c(SCC23CC4CC(CC(C4)C2)C3)nc2scc(-c3ccccc3)c2c1=O. The first-order valence-corrected chi connectivity index (χ1v) is 13.3. The van der Waals surface area contributed by atoms with Crippen molar-refractivity contribution in [1.29, 1.82) is 0 Å². The minimum Gasteiger partial charge on any atom is -0.283 e. The largest absolute Gasteiger partial charge is 0.283 e. The van der Waals surface area contributed by atoms with Crippen molar-refractivity contribution in [2.75, 3.05) is 5.75 Å². The molecule has 0 radical (unpaired) electrons. The molecule has 2 heterocycles. The molecule has 5 heteroatoms. The van der Waals surface area contributed by atoms with Gasteiger partial charge in [-0.25, -0.2) is 4.98 Å². The summed E-state index contributed by atoms with van der Waals surface area (Å²) in [5, 5.41) is 3.70. The zero-order valence-electron chi connectivity index (χ0n) is 17.8. The minimum absolute atomic E-state index is 0.0676. The zero-order valence-corrected chi connectivity index (χ0v) is 19.4. The highest BCUT2D eigenvalue weighted by atomic mass is 32.2. The lowest BCUT2D eigenvalue weighted by atomic mass is 9.50. The van der Waals surface area contributed by atoms with Gasteiger partial charge in [0.05, 0.1) is 5.39 Å². The molecule has 0 N–H and O–H groups in total. The average molecular weight is 449 g/mol. The molecule has 2 aromatic heterocycles. The number of thiophene rings is 1. The second-order valence-electron chi connectivity index (χ2n) is 10.0. The highest BCUT2D eigenvalue weighted by molar-refractivity contribution is 7.99. The van der Waals surface area contributed by atoms with Crippen LogP contribution in [0.5, 0.6) is 0 Å². The third-order valence-electron chi connectivity index (χ3n) is 7.73. The molecule has 0 spiro atoms. The van der Waals surface area contributed by atoms with Gasteiger partial charge in [-0.1, -0.05) is 48.2 Å². The van der Waals surface area contributed by atoms with Crippen LogP contribution in [0.3, 0.4) is 0 Å². The molecule has 4 saturated carbocycles. The topological polar surface area (TPSA) is 34.9 Å². The Morgan fingerprint density at radius 1 is 1.13 bits per heavy atom. The Balaban J connectivity index is 1.36. The Morgan fingerprint density at radius 2 is 1.81 bits per heavy atom. The maximum atomic E-state index is 13.6. The lowest BCUT2D eigenvalue weighted by Crippen LogP contribution is -2.47. The van der Waals surface area contributed by atoms with E-state index < -0.39 is 0 Å². The van der Waals surface area contributed by atoms with Gasteiger partial charge in [0.2, 0.25) is 0 Å². The van der Waals surface area contributed by atoms with E-state index >= 15 is 0 Å². The van der Waals surface area contributed by atoms with Crippen LogP contribution in [-0.2, 0) is 6.54 Å². The fourth-order valence-corrected chi connectivity index (χ4v) is 9.17. The van der Waals surface area contributed by atoms with E-state index in [0.29, 0.717) is 12.0 Å². The number of nitrogens with zero attached hydrogens (tertiary/aromatic N) is 2. The van der Waals surface area contributed by atoms with Crippen molar-refractivity contribution < 1.29 is 0 Å². The zero-order chi connectivity index (χ0) is 21.0. The molecule has 4 fully saturated rings. The molecule has 0 aliphatic heterocycles. The number of benzene rings is 1. The van der Waals surface area contributed by atoms with Crippen molar-refractivity contribution in [3.05, 3.63) is 58.7 Å². The standard InChI is InChI=1S/C26H28N2OS2/c1-2-8-28-24(29)22-21(20-6-4-3-5-7-20)15-30-23(22)27-25(28)31-16-26-12-17-9-18(13-26)11-19(10-17)14-26/h2-7,15,17-19H,1,8-14,16H2. The molecule has 0 unspecified atom stereocenters. The van der Waals surface area contributed by atoms with E-state index in [1.165, 1.54) is 38.5 Å². The van der Waals surface area contributed by atoms with Gasteiger partial charge in [-0.2, -0.15) is 0 Å². The van der Waals surface area contributed by atoms with Gasteiger partial charge in [0.1, 0.15) is 4.83 Å². The average Bonchev–Trinajstić information content (AvgIpc) is 3.18. The van der Waals surface area contributed by atoms with Gasteiger partial charge in [0, 0.05) is 23.2 Å². The molecule has 31 heavy (non-hydrogen) atoms. The lowest BCUT2D eigenvalue weighted by Gasteiger charge is -2.56. The third-order valence-corrected chi connectivity index (χ3v) is 9.93. The fourth-order valence-electron chi connectivity index (χ4n) is 6.92. The van der Waals surface area contributed by atoms with Crippen LogP contribution < -0.4 is 5.56 Å². The molecule has 7 rings (SSSR count). The maximum Gasteiger partial charge on any atom is 0.263 e. The molecule has 4 aliphatic rings. The van der Waals surface area contributed by atoms with Crippen molar-refractivity contribution in [2.24, 2.45) is 23.2 Å². The van der Waals surface area contributed by atoms with Gasteiger partial charge in [-0.15, -0.1) is 17.9 Å². The normalized spacial score (nSPS) is 29.0. The summed E-state index contributed by atoms with van der Waals surface area (Å²) >= 11 is 3.41. The van der Waals surface area contributed by atoms with Gasteiger partial charge in [-0.05, 0) is 67.3 Å². The van der Waals surface area contributed by atoms with Crippen LogP contribution in [0, 0.1) is 23.2 Å². The number of hydrogen-bond donors (Lipinski definition) is 0. The minimum atomic E-state index is 0.0676. The van der Waals surface area contributed by atoms with Crippen LogP contribution in [0.25, 0.3) is 21.3 Å². The predicted molar refractivity (Wildman–Crippen MR) is 131 cm³/mol. The fraction of sp³-hybridized carbons (Fsp3) is 0.462. The first-order chi connectivity index (χ1) is 15.1. The number of thioether (sulfide) groups is 1. The van der Waals surface area contributed by atoms with Crippen LogP contribution in [-0.4, -0.2) is 15.3 Å². The monoisotopic (exact) mass is 448 g/mol. The van der Waals surface area contributed by atoms with Gasteiger partial charge < -0.3 is 0 Å². The van der Waals surface area contributed by atoms with Crippen LogP contribution >= 0.6 is 23.1 Å². The van der Waals surface area contributed by atoms with Crippen LogP contribution in [0.1, 0.15) is 38.5 Å². The number of hydrogen-bond acceptors (Lipinski definition) is 4. The van der Waals surface area contributed by atoms with Crippen molar-refractivity contribution in [3.8, 4) is 11.1 Å². The summed E-state index contributed by atoms with van der Waals surface area (Å²) in [6.45, 7) is 4.42. The predicted octanol–water partition coefficient (Wildman–Crippen LogP) is 6.62. The van der Waals surface area contributed by atoms with Crippen LogP contribution in [0.15, 0.2) is 58.3 Å². The molecular formula is C26H28N2OS2. The summed E-state index contributed by atoms with van der Waals surface area (Å²) < 4.78 is 1.85. The summed E-state index contributed by atoms with van der Waals surface area (Å²) in [7, 11) is 0. The second-order valence-corrected chi connectivity index (χ2v) is 11.8. The van der Waals surface area contributed by atoms with Crippen molar-refractivity contribution >= 4 is 33.3 Å². The van der Waals surface area contributed by atoms with Crippen molar-refractivity contribution in [3.63, 3.8) is 0 Å². The molecule has 4 aliphatic carbocycles. The number of allylic oxidation sites excluding steroid dienone is 1. The number of aromatic nitrogens is 2. The quantitative estimate of drug-likeness (QED) is 0.241. The third kappa shape index (κ3) is 3.41. The Labute approximate surface area is 191 Å². The molecule has 0 amide bonds. The lowest BCUT2D eigenvalue weighted by molar-refractivity contribution is -0.0382. The van der Waals surface area contributed by atoms with E-state index in [-0.39, 0.29) is 5.56 Å². The highest BCUT2D eigenvalue weighted by Crippen LogP contribution is 2.61. The van der Waals surface area contributed by atoms with E-state index in [9.17, 15) is 4.79 Å². The first kappa shape index (κ1) is 19.8. The Bertz CT molecular complexity index is 1160. The smallest absolute Gasteiger partial charge is 0.263 e. The van der Waals surface area contributed by atoms with Gasteiger partial charge in [0.25, 0.3) is 5.56 Å². The van der Waals surface area contributed by atoms with Gasteiger partial charge in [-0.3, -0.25) is 9.36 Å². The summed E-state index contributed by atoms with van der Waals surface area (Å²) in [6.07, 6.45) is 10.4. The molecule has 160 valence electrons. The molecule has 0 atom stereocenters. The van der Waals surface area contributed by atoms with Crippen LogP contribution in [0.4, 0.5) is 0 Å². The second kappa shape index (κ2) is 7.63. The highest BCUT2D eigenvalue weighted by Gasteiger charge is 2.50. The van der Waals surface area contributed by atoms with Crippen molar-refractivity contribution in [2.45, 2.75) is 50.2 Å². The van der Waals surface area contributed by atoms with E-state index in [1.54, 1.807) is 11.3 Å². The van der Waals surface area contributed by atoms with E-state index in [2.05, 4.69) is 24.1 Å². The molecule has 3 nitrogen and oxygen atoms in total.